The number of hydrogen-bond donors (Lipinski definition) is 2. The molecular formula is C28H35N5O2. The molecule has 0 spiro atoms. The fourth-order valence-electron chi connectivity index (χ4n) is 5.27. The van der Waals surface area contributed by atoms with Crippen molar-refractivity contribution in [1.29, 1.82) is 0 Å². The zero-order valence-electron chi connectivity index (χ0n) is 20.8. The van der Waals surface area contributed by atoms with Gasteiger partial charge in [0.1, 0.15) is 12.4 Å². The number of likely N-dealkylation sites (tertiary alicyclic amines) is 1. The number of anilines is 1. The molecule has 1 aliphatic heterocycles. The maximum Gasteiger partial charge on any atom is 0.230 e. The summed E-state index contributed by atoms with van der Waals surface area (Å²) in [5.41, 5.74) is 5.54. The van der Waals surface area contributed by atoms with Gasteiger partial charge in [-0.25, -0.2) is 0 Å². The highest BCUT2D eigenvalue weighted by Crippen LogP contribution is 2.40. The molecule has 2 N–H and O–H groups in total. The largest absolute Gasteiger partial charge is 0.490 e. The van der Waals surface area contributed by atoms with Crippen LogP contribution in [-0.4, -0.2) is 52.2 Å². The molecule has 3 aromatic rings. The van der Waals surface area contributed by atoms with Crippen molar-refractivity contribution in [2.24, 2.45) is 5.41 Å². The number of nitrogens with zero attached hydrogens (tertiary/aromatic N) is 3. The highest BCUT2D eigenvalue weighted by Gasteiger charge is 2.39. The number of ether oxygens (including phenoxy) is 1. The minimum absolute atomic E-state index is 0.0221. The molecule has 1 aromatic carbocycles. The van der Waals surface area contributed by atoms with Crippen LogP contribution in [0.3, 0.4) is 0 Å². The maximum absolute atomic E-state index is 13.6. The lowest BCUT2D eigenvalue weighted by atomic mass is 9.73. The van der Waals surface area contributed by atoms with Gasteiger partial charge in [0.2, 0.25) is 5.91 Å². The van der Waals surface area contributed by atoms with Crippen LogP contribution in [0, 0.1) is 12.3 Å². The van der Waals surface area contributed by atoms with Crippen molar-refractivity contribution >= 4 is 11.6 Å². The van der Waals surface area contributed by atoms with Crippen LogP contribution in [-0.2, 0) is 17.6 Å². The summed E-state index contributed by atoms with van der Waals surface area (Å²) in [4.78, 5) is 20.3. The number of aromatic nitrogens is 3. The van der Waals surface area contributed by atoms with Crippen LogP contribution in [0.5, 0.6) is 5.75 Å². The number of H-pyrrole nitrogens is 1. The van der Waals surface area contributed by atoms with Crippen molar-refractivity contribution in [3.8, 4) is 17.0 Å². The number of piperidine rings is 1. The highest BCUT2D eigenvalue weighted by molar-refractivity contribution is 5.97. The van der Waals surface area contributed by atoms with Crippen molar-refractivity contribution < 1.29 is 9.53 Å². The second-order valence-corrected chi connectivity index (χ2v) is 10.2. The molecule has 35 heavy (non-hydrogen) atoms. The first kappa shape index (κ1) is 23.5. The summed E-state index contributed by atoms with van der Waals surface area (Å²) in [6, 6.07) is 9.75. The Labute approximate surface area is 207 Å². The van der Waals surface area contributed by atoms with Crippen LogP contribution in [0.4, 0.5) is 5.69 Å². The Kier molecular flexibility index (Phi) is 6.86. The Morgan fingerprint density at radius 3 is 2.86 bits per heavy atom. The van der Waals surface area contributed by atoms with Crippen LogP contribution in [0.25, 0.3) is 11.3 Å². The Bertz CT molecular complexity index is 1180. The predicted molar refractivity (Wildman–Crippen MR) is 138 cm³/mol. The van der Waals surface area contributed by atoms with Gasteiger partial charge in [0.05, 0.1) is 16.8 Å². The topological polar surface area (TPSA) is 83.1 Å². The number of nitrogens with one attached hydrogen (secondary N) is 2. The van der Waals surface area contributed by atoms with Gasteiger partial charge in [0.25, 0.3) is 0 Å². The smallest absolute Gasteiger partial charge is 0.230 e. The second kappa shape index (κ2) is 10.2. The third-order valence-corrected chi connectivity index (χ3v) is 7.52. The number of para-hydroxylation sites is 2. The third kappa shape index (κ3) is 5.10. The fourth-order valence-corrected chi connectivity index (χ4v) is 5.27. The molecule has 3 heterocycles. The molecule has 1 fully saturated rings. The first-order chi connectivity index (χ1) is 17.0. The molecule has 1 unspecified atom stereocenters. The number of benzene rings is 1. The molecule has 0 bridgehead atoms. The molecule has 1 aliphatic carbocycles. The SMILES string of the molecule is Cc1cnccc1-c1n[nH]c2c1CC(C)(C(=O)Nc1ccccc1OCCN1CCCCC1)CC2. The number of aryl methyl sites for hydroxylation is 2. The van der Waals surface area contributed by atoms with Gasteiger partial charge in [0, 0.05) is 35.8 Å². The summed E-state index contributed by atoms with van der Waals surface area (Å²) in [5, 5.41) is 11.0. The molecular weight excluding hydrogens is 438 g/mol. The molecule has 0 radical (unpaired) electrons. The van der Waals surface area contributed by atoms with E-state index in [0.717, 1.165) is 72.0 Å². The van der Waals surface area contributed by atoms with Crippen LogP contribution < -0.4 is 10.1 Å². The average molecular weight is 474 g/mol. The number of pyridine rings is 1. The number of carbonyl (C=O) groups is 1. The lowest BCUT2D eigenvalue weighted by molar-refractivity contribution is -0.125. The van der Waals surface area contributed by atoms with Crippen LogP contribution in [0.1, 0.15) is 49.4 Å². The summed E-state index contributed by atoms with van der Waals surface area (Å²) >= 11 is 0. The van der Waals surface area contributed by atoms with Crippen molar-refractivity contribution in [2.75, 3.05) is 31.6 Å². The van der Waals surface area contributed by atoms with E-state index < -0.39 is 5.41 Å². The predicted octanol–water partition coefficient (Wildman–Crippen LogP) is 4.78. The van der Waals surface area contributed by atoms with E-state index in [9.17, 15) is 4.79 Å². The van der Waals surface area contributed by atoms with E-state index in [1.807, 2.05) is 43.5 Å². The van der Waals surface area contributed by atoms with Gasteiger partial charge in [-0.3, -0.25) is 19.8 Å². The molecule has 2 aromatic heterocycles. The normalized spacial score (nSPS) is 20.3. The van der Waals surface area contributed by atoms with Crippen molar-refractivity contribution in [3.63, 3.8) is 0 Å². The number of hydrogen-bond acceptors (Lipinski definition) is 5. The third-order valence-electron chi connectivity index (χ3n) is 7.52. The van der Waals surface area contributed by atoms with Gasteiger partial charge >= 0.3 is 0 Å². The Morgan fingerprint density at radius 2 is 2.03 bits per heavy atom. The van der Waals surface area contributed by atoms with Crippen molar-refractivity contribution in [1.82, 2.24) is 20.1 Å². The van der Waals surface area contributed by atoms with Crippen LogP contribution >= 0.6 is 0 Å². The molecule has 5 rings (SSSR count). The average Bonchev–Trinajstić information content (AvgIpc) is 3.28. The molecule has 0 saturated carbocycles. The second-order valence-electron chi connectivity index (χ2n) is 10.2. The van der Waals surface area contributed by atoms with E-state index in [1.54, 1.807) is 6.20 Å². The Morgan fingerprint density at radius 1 is 1.20 bits per heavy atom. The molecule has 184 valence electrons. The van der Waals surface area contributed by atoms with Crippen molar-refractivity contribution in [2.45, 2.75) is 52.4 Å². The van der Waals surface area contributed by atoms with E-state index in [2.05, 4.69) is 32.3 Å². The first-order valence-electron chi connectivity index (χ1n) is 12.8. The minimum atomic E-state index is -0.534. The number of aromatic amines is 1. The van der Waals surface area contributed by atoms with Gasteiger partial charge in [-0.05, 0) is 75.9 Å². The minimum Gasteiger partial charge on any atom is -0.490 e. The number of carbonyl (C=O) groups excluding carboxylic acids is 1. The summed E-state index contributed by atoms with van der Waals surface area (Å²) in [5.74, 6) is 0.753. The quantitative estimate of drug-likeness (QED) is 0.516. The van der Waals surface area contributed by atoms with Gasteiger partial charge in [-0.2, -0.15) is 5.10 Å². The van der Waals surface area contributed by atoms with Crippen LogP contribution in [0.2, 0.25) is 0 Å². The molecule has 2 aliphatic rings. The van der Waals surface area contributed by atoms with E-state index in [0.29, 0.717) is 13.0 Å². The number of rotatable bonds is 7. The van der Waals surface area contributed by atoms with E-state index in [4.69, 9.17) is 4.74 Å². The fraction of sp³-hybridized carbons (Fsp3) is 0.464. The summed E-state index contributed by atoms with van der Waals surface area (Å²) in [6.45, 7) is 7.94. The lowest BCUT2D eigenvalue weighted by Crippen LogP contribution is -2.38. The maximum atomic E-state index is 13.6. The lowest BCUT2D eigenvalue weighted by Gasteiger charge is -2.32. The van der Waals surface area contributed by atoms with Gasteiger partial charge in [-0.1, -0.05) is 25.5 Å². The molecule has 1 amide bonds. The van der Waals surface area contributed by atoms with E-state index >= 15 is 0 Å². The van der Waals surface area contributed by atoms with Gasteiger partial charge < -0.3 is 10.1 Å². The zero-order chi connectivity index (χ0) is 24.3. The molecule has 7 heteroatoms. The zero-order valence-corrected chi connectivity index (χ0v) is 20.8. The van der Waals surface area contributed by atoms with E-state index in [1.165, 1.54) is 19.3 Å². The summed E-state index contributed by atoms with van der Waals surface area (Å²) in [7, 11) is 0. The van der Waals surface area contributed by atoms with Gasteiger partial charge in [-0.15, -0.1) is 0 Å². The van der Waals surface area contributed by atoms with Crippen LogP contribution in [0.15, 0.2) is 42.7 Å². The summed E-state index contributed by atoms with van der Waals surface area (Å²) < 4.78 is 6.12. The molecule has 1 atom stereocenters. The number of amides is 1. The standard InChI is InChI=1S/C28H35N5O2/c1-20-19-29-13-11-21(20)26-22-18-28(2,12-10-23(22)31-32-26)27(34)30-24-8-4-5-9-25(24)35-17-16-33-14-6-3-7-15-33/h4-5,8-9,11,13,19H,3,6-7,10,12,14-18H2,1-2H3,(H,30,34)(H,31,32). The van der Waals surface area contributed by atoms with Crippen molar-refractivity contribution in [3.05, 3.63) is 59.5 Å². The highest BCUT2D eigenvalue weighted by atomic mass is 16.5. The molecule has 1 saturated heterocycles. The first-order valence-corrected chi connectivity index (χ1v) is 12.8. The number of fused-ring (bicyclic) bond motifs is 1. The Hall–Kier alpha value is -3.19. The monoisotopic (exact) mass is 473 g/mol. The van der Waals surface area contributed by atoms with E-state index in [-0.39, 0.29) is 5.91 Å². The Balaban J connectivity index is 1.28. The summed E-state index contributed by atoms with van der Waals surface area (Å²) in [6.07, 6.45) is 9.71. The van der Waals surface area contributed by atoms with Gasteiger partial charge in [0.15, 0.2) is 0 Å². The molecule has 7 nitrogen and oxygen atoms in total.